The van der Waals surface area contributed by atoms with Crippen LogP contribution in [0.4, 0.5) is 25.4 Å². The molecule has 1 heterocycles. The number of piperidine rings is 1. The van der Waals surface area contributed by atoms with Gasteiger partial charge in [-0.15, -0.1) is 0 Å². The highest BCUT2D eigenvalue weighted by molar-refractivity contribution is 5.84. The molecule has 10 nitrogen and oxygen atoms in total. The Morgan fingerprint density at radius 2 is 1.58 bits per heavy atom. The highest BCUT2D eigenvalue weighted by Gasteiger charge is 2.28. The molecule has 0 bridgehead atoms. The van der Waals surface area contributed by atoms with E-state index in [4.69, 9.17) is 14.2 Å². The van der Waals surface area contributed by atoms with Crippen molar-refractivity contribution in [3.8, 4) is 5.75 Å². The van der Waals surface area contributed by atoms with Gasteiger partial charge in [-0.25, -0.2) is 14.0 Å². The Labute approximate surface area is 261 Å². The van der Waals surface area contributed by atoms with Gasteiger partial charge >= 0.3 is 12.2 Å². The molecule has 0 spiro atoms. The first-order valence-electron chi connectivity index (χ1n) is 15.4. The monoisotopic (exact) mass is 619 g/mol. The molecule has 0 atom stereocenters. The van der Waals surface area contributed by atoms with E-state index in [2.05, 4.69) is 10.2 Å². The summed E-state index contributed by atoms with van der Waals surface area (Å²) in [5.41, 5.74) is 1.85. The van der Waals surface area contributed by atoms with Gasteiger partial charge in [0.05, 0.1) is 11.5 Å². The van der Waals surface area contributed by atoms with Gasteiger partial charge in [-0.1, -0.05) is 36.4 Å². The average Bonchev–Trinajstić information content (AvgIpc) is 3.05. The highest BCUT2D eigenvalue weighted by Crippen LogP contribution is 2.34. The zero-order chi connectivity index (χ0) is 31.6. The lowest BCUT2D eigenvalue weighted by atomic mass is 9.81. The van der Waals surface area contributed by atoms with E-state index in [-0.39, 0.29) is 35.7 Å². The summed E-state index contributed by atoms with van der Waals surface area (Å²) in [5.74, 6) is 0.883. The van der Waals surface area contributed by atoms with Gasteiger partial charge in [-0.05, 0) is 105 Å². The van der Waals surface area contributed by atoms with Crippen LogP contribution in [0.25, 0.3) is 0 Å². The smallest absolute Gasteiger partial charge is 0.444 e. The number of likely N-dealkylation sites (tertiary alicyclic amines) is 1. The van der Waals surface area contributed by atoms with E-state index in [0.29, 0.717) is 23.8 Å². The lowest BCUT2D eigenvalue weighted by molar-refractivity contribution is -0.384. The lowest BCUT2D eigenvalue weighted by Gasteiger charge is -2.36. The number of nitro groups is 1. The Kier molecular flexibility index (Phi) is 11.0. The largest absolute Gasteiger partial charge is 0.513 e. The molecule has 238 valence electrons. The van der Waals surface area contributed by atoms with Crippen molar-refractivity contribution in [3.05, 3.63) is 99.9 Å². The molecule has 1 aliphatic heterocycles. The van der Waals surface area contributed by atoms with Crippen LogP contribution in [0.2, 0.25) is 0 Å². The number of nitrogens with zero attached hydrogens (tertiary/aromatic N) is 2. The maximum atomic E-state index is 15.0. The number of nitrogens with one attached hydrogen (secondary N) is 1. The van der Waals surface area contributed by atoms with Crippen LogP contribution in [0.15, 0.2) is 72.8 Å². The van der Waals surface area contributed by atoms with Gasteiger partial charge in [0.2, 0.25) is 0 Å². The van der Waals surface area contributed by atoms with Crippen molar-refractivity contribution in [1.82, 2.24) is 4.90 Å². The highest BCUT2D eigenvalue weighted by atomic mass is 19.1. The molecular weight excluding hydrogens is 581 g/mol. The van der Waals surface area contributed by atoms with Gasteiger partial charge in [0.25, 0.3) is 5.69 Å². The number of hydrogen-bond donors (Lipinski definition) is 1. The zero-order valence-electron chi connectivity index (χ0n) is 25.1. The van der Waals surface area contributed by atoms with E-state index in [9.17, 15) is 19.7 Å². The van der Waals surface area contributed by atoms with E-state index < -0.39 is 17.2 Å². The number of nitro benzene ring substituents is 1. The molecule has 0 unspecified atom stereocenters. The van der Waals surface area contributed by atoms with Crippen LogP contribution in [0.3, 0.4) is 0 Å². The van der Waals surface area contributed by atoms with Gasteiger partial charge in [0, 0.05) is 24.4 Å². The second-order valence-corrected chi connectivity index (χ2v) is 11.8. The third-order valence-corrected chi connectivity index (χ3v) is 8.66. The van der Waals surface area contributed by atoms with Crippen molar-refractivity contribution < 1.29 is 33.1 Å². The first-order chi connectivity index (χ1) is 21.8. The minimum absolute atomic E-state index is 0.0783. The summed E-state index contributed by atoms with van der Waals surface area (Å²) >= 11 is 0. The number of rotatable bonds is 10. The Morgan fingerprint density at radius 1 is 0.889 bits per heavy atom. The van der Waals surface area contributed by atoms with Crippen molar-refractivity contribution in [1.29, 1.82) is 0 Å². The molecule has 0 aromatic heterocycles. The van der Waals surface area contributed by atoms with Gasteiger partial charge < -0.3 is 19.1 Å². The summed E-state index contributed by atoms with van der Waals surface area (Å²) in [6.07, 6.45) is 4.38. The predicted molar refractivity (Wildman–Crippen MR) is 166 cm³/mol. The summed E-state index contributed by atoms with van der Waals surface area (Å²) in [5, 5.41) is 13.4. The maximum Gasteiger partial charge on any atom is 0.513 e. The van der Waals surface area contributed by atoms with Crippen LogP contribution in [-0.4, -0.2) is 48.3 Å². The van der Waals surface area contributed by atoms with Gasteiger partial charge in [0.15, 0.2) is 0 Å². The second-order valence-electron chi connectivity index (χ2n) is 11.8. The van der Waals surface area contributed by atoms with Crippen LogP contribution < -0.4 is 10.1 Å². The summed E-state index contributed by atoms with van der Waals surface area (Å²) in [6.45, 7) is 3.27. The van der Waals surface area contributed by atoms with Crippen LogP contribution in [0.5, 0.6) is 5.75 Å². The van der Waals surface area contributed by atoms with Crippen molar-refractivity contribution in [2.75, 3.05) is 31.6 Å². The van der Waals surface area contributed by atoms with E-state index in [0.717, 1.165) is 63.7 Å². The van der Waals surface area contributed by atoms with E-state index >= 15 is 4.39 Å². The molecule has 1 amide bonds. The average molecular weight is 620 g/mol. The number of carbonyl (C=O) groups is 2. The summed E-state index contributed by atoms with van der Waals surface area (Å²) in [6, 6.07) is 19.5. The number of non-ortho nitro benzene ring substituents is 1. The number of carbonyl (C=O) groups excluding carboxylic acids is 2. The quantitative estimate of drug-likeness (QED) is 0.106. The van der Waals surface area contributed by atoms with Crippen molar-refractivity contribution >= 4 is 23.6 Å². The summed E-state index contributed by atoms with van der Waals surface area (Å²) in [4.78, 5) is 36.9. The van der Waals surface area contributed by atoms with Gasteiger partial charge in [0.1, 0.15) is 18.2 Å². The van der Waals surface area contributed by atoms with Crippen LogP contribution in [-0.2, 0) is 16.1 Å². The molecule has 1 saturated carbocycles. The molecule has 3 aromatic rings. The predicted octanol–water partition coefficient (Wildman–Crippen LogP) is 7.68. The minimum Gasteiger partial charge on any atom is -0.444 e. The van der Waals surface area contributed by atoms with Crippen molar-refractivity contribution in [2.45, 2.75) is 51.0 Å². The van der Waals surface area contributed by atoms with Gasteiger partial charge in [-0.2, -0.15) is 0 Å². The minimum atomic E-state index is -0.808. The SMILES string of the molecule is O=C(Nc1ccc(C2CCN(C[C@H]3CC[C@H](COC(=O)Oc4ccc([N+](=O)[O-])cc4)CC3)CC2)c(F)c1)OCc1ccccc1. The van der Waals surface area contributed by atoms with E-state index in [1.807, 2.05) is 30.3 Å². The number of halogens is 1. The first-order valence-corrected chi connectivity index (χ1v) is 15.4. The van der Waals surface area contributed by atoms with Crippen LogP contribution in [0.1, 0.15) is 55.6 Å². The Bertz CT molecular complexity index is 1440. The number of benzene rings is 3. The molecule has 1 saturated heterocycles. The molecule has 0 radical (unpaired) electrons. The third kappa shape index (κ3) is 9.49. The number of ether oxygens (including phenoxy) is 3. The van der Waals surface area contributed by atoms with Gasteiger partial charge in [-0.3, -0.25) is 15.4 Å². The first kappa shape index (κ1) is 31.9. The fourth-order valence-electron chi connectivity index (χ4n) is 6.13. The topological polar surface area (TPSA) is 120 Å². The molecule has 45 heavy (non-hydrogen) atoms. The Hall–Kier alpha value is -4.51. The molecule has 2 aliphatic rings. The second kappa shape index (κ2) is 15.5. The molecular formula is C34H38FN3O7. The van der Waals surface area contributed by atoms with E-state index in [1.165, 1.54) is 30.3 Å². The molecule has 1 N–H and O–H groups in total. The normalized spacial score (nSPS) is 19.0. The van der Waals surface area contributed by atoms with Crippen LogP contribution in [0, 0.1) is 27.8 Å². The lowest BCUT2D eigenvalue weighted by Crippen LogP contribution is -2.38. The number of amides is 1. The summed E-state index contributed by atoms with van der Waals surface area (Å²) < 4.78 is 30.7. The molecule has 11 heteroatoms. The molecule has 2 fully saturated rings. The third-order valence-electron chi connectivity index (χ3n) is 8.66. The van der Waals surface area contributed by atoms with Crippen LogP contribution >= 0.6 is 0 Å². The number of anilines is 1. The number of hydrogen-bond acceptors (Lipinski definition) is 8. The molecule has 5 rings (SSSR count). The zero-order valence-corrected chi connectivity index (χ0v) is 25.1. The van der Waals surface area contributed by atoms with Crippen molar-refractivity contribution in [3.63, 3.8) is 0 Å². The van der Waals surface area contributed by atoms with Crippen molar-refractivity contribution in [2.24, 2.45) is 11.8 Å². The Balaban J connectivity index is 0.975. The fourth-order valence-corrected chi connectivity index (χ4v) is 6.13. The van der Waals surface area contributed by atoms with E-state index in [1.54, 1.807) is 12.1 Å². The molecule has 3 aromatic carbocycles. The fraction of sp³-hybridized carbons (Fsp3) is 0.412. The maximum absolute atomic E-state index is 15.0. The summed E-state index contributed by atoms with van der Waals surface area (Å²) in [7, 11) is 0. The molecule has 1 aliphatic carbocycles. The Morgan fingerprint density at radius 3 is 2.24 bits per heavy atom. The standard InChI is InChI=1S/C34H38FN3O7/c35-32-20-28(36-33(39)43-22-25-4-2-1-3-5-25)10-15-31(32)27-16-18-37(19-17-27)21-24-6-8-26(9-7-24)23-44-34(40)45-30-13-11-29(12-14-30)38(41)42/h1-5,10-15,20,24,26-27H,6-9,16-19,21-23H2,(H,36,39)/t24-,26-.